The SMILES string of the molecule is CCNC[C@@H](CS)NC[C@H](F)NCC. The number of hydrogen-bond acceptors (Lipinski definition) is 4. The minimum Gasteiger partial charge on any atom is -0.315 e. The van der Waals surface area contributed by atoms with E-state index in [1.54, 1.807) is 0 Å². The molecule has 0 radical (unpaired) electrons. The summed E-state index contributed by atoms with van der Waals surface area (Å²) in [5.74, 6) is 0.714. The van der Waals surface area contributed by atoms with Crippen LogP contribution < -0.4 is 16.0 Å². The lowest BCUT2D eigenvalue weighted by Gasteiger charge is -2.18. The van der Waals surface area contributed by atoms with Crippen LogP contribution in [0.25, 0.3) is 0 Å². The summed E-state index contributed by atoms with van der Waals surface area (Å²) in [7, 11) is 0. The highest BCUT2D eigenvalue weighted by molar-refractivity contribution is 7.80. The Bertz CT molecular complexity index is 127. The van der Waals surface area contributed by atoms with Crippen LogP contribution in [0.15, 0.2) is 0 Å². The van der Waals surface area contributed by atoms with Crippen LogP contribution in [0, 0.1) is 0 Å². The van der Waals surface area contributed by atoms with Gasteiger partial charge in [0.25, 0.3) is 0 Å². The van der Waals surface area contributed by atoms with Crippen molar-refractivity contribution in [2.24, 2.45) is 0 Å². The van der Waals surface area contributed by atoms with Gasteiger partial charge in [-0.25, -0.2) is 4.39 Å². The lowest BCUT2D eigenvalue weighted by Crippen LogP contribution is -2.45. The number of thiol groups is 1. The fourth-order valence-electron chi connectivity index (χ4n) is 1.08. The molecule has 0 aromatic heterocycles. The first-order valence-electron chi connectivity index (χ1n) is 5.16. The summed E-state index contributed by atoms with van der Waals surface area (Å²) in [5, 5.41) is 9.02. The molecule has 0 amide bonds. The van der Waals surface area contributed by atoms with E-state index in [0.717, 1.165) is 13.1 Å². The second-order valence-electron chi connectivity index (χ2n) is 3.12. The summed E-state index contributed by atoms with van der Waals surface area (Å²) in [5.41, 5.74) is 0. The maximum atomic E-state index is 13.0. The molecule has 2 atom stereocenters. The first-order chi connectivity index (χ1) is 6.74. The predicted octanol–water partition coefficient (Wildman–Crippen LogP) is 0.389. The lowest BCUT2D eigenvalue weighted by molar-refractivity contribution is 0.260. The molecule has 0 aliphatic carbocycles. The third-order valence-corrected chi connectivity index (χ3v) is 2.31. The van der Waals surface area contributed by atoms with E-state index in [4.69, 9.17) is 0 Å². The van der Waals surface area contributed by atoms with E-state index >= 15 is 0 Å². The standard InChI is InChI=1S/C9H22FN3S/c1-3-11-5-8(7-14)13-6-9(10)12-4-2/h8-9,11-14H,3-7H2,1-2H3/t8-,9+/m0/s1. The zero-order valence-electron chi connectivity index (χ0n) is 9.02. The Labute approximate surface area is 91.6 Å². The Morgan fingerprint density at radius 1 is 1.14 bits per heavy atom. The molecule has 0 bridgehead atoms. The van der Waals surface area contributed by atoms with Gasteiger partial charge in [0.15, 0.2) is 6.30 Å². The van der Waals surface area contributed by atoms with Crippen molar-refractivity contribution in [1.82, 2.24) is 16.0 Å². The highest BCUT2D eigenvalue weighted by Gasteiger charge is 2.08. The average Bonchev–Trinajstić information content (AvgIpc) is 2.19. The summed E-state index contributed by atoms with van der Waals surface area (Å²) in [6.45, 7) is 6.69. The quantitative estimate of drug-likeness (QED) is 0.337. The van der Waals surface area contributed by atoms with Gasteiger partial charge in [0.05, 0.1) is 0 Å². The Kier molecular flexibility index (Phi) is 9.82. The molecule has 0 aromatic rings. The van der Waals surface area contributed by atoms with Crippen LogP contribution in [0.2, 0.25) is 0 Å². The smallest absolute Gasteiger partial charge is 0.163 e. The van der Waals surface area contributed by atoms with Gasteiger partial charge in [-0.15, -0.1) is 0 Å². The van der Waals surface area contributed by atoms with Crippen molar-refractivity contribution in [3.05, 3.63) is 0 Å². The Balaban J connectivity index is 3.50. The van der Waals surface area contributed by atoms with Crippen molar-refractivity contribution in [3.8, 4) is 0 Å². The normalized spacial score (nSPS) is 15.4. The van der Waals surface area contributed by atoms with E-state index in [-0.39, 0.29) is 6.04 Å². The van der Waals surface area contributed by atoms with Gasteiger partial charge in [-0.3, -0.25) is 5.32 Å². The van der Waals surface area contributed by atoms with Crippen molar-refractivity contribution >= 4 is 12.6 Å². The molecular formula is C9H22FN3S. The zero-order valence-corrected chi connectivity index (χ0v) is 9.91. The van der Waals surface area contributed by atoms with E-state index in [0.29, 0.717) is 18.8 Å². The van der Waals surface area contributed by atoms with E-state index in [9.17, 15) is 4.39 Å². The third-order valence-electron chi connectivity index (χ3n) is 1.87. The second kappa shape index (κ2) is 9.71. The third kappa shape index (κ3) is 7.55. The van der Waals surface area contributed by atoms with E-state index in [2.05, 4.69) is 28.6 Å². The molecule has 0 saturated carbocycles. The van der Waals surface area contributed by atoms with Gasteiger partial charge in [-0.2, -0.15) is 12.6 Å². The summed E-state index contributed by atoms with van der Waals surface area (Å²) in [4.78, 5) is 0. The van der Waals surface area contributed by atoms with E-state index < -0.39 is 6.30 Å². The van der Waals surface area contributed by atoms with Crippen LogP contribution in [-0.4, -0.2) is 44.3 Å². The van der Waals surface area contributed by atoms with Crippen molar-refractivity contribution in [3.63, 3.8) is 0 Å². The lowest BCUT2D eigenvalue weighted by atomic mass is 10.3. The molecule has 3 nitrogen and oxygen atoms in total. The van der Waals surface area contributed by atoms with Crippen molar-refractivity contribution in [2.75, 3.05) is 31.9 Å². The summed E-state index contributed by atoms with van der Waals surface area (Å²) >= 11 is 4.20. The van der Waals surface area contributed by atoms with Crippen LogP contribution in [0.1, 0.15) is 13.8 Å². The topological polar surface area (TPSA) is 36.1 Å². The van der Waals surface area contributed by atoms with Gasteiger partial charge < -0.3 is 10.6 Å². The van der Waals surface area contributed by atoms with E-state index in [1.807, 2.05) is 13.8 Å². The molecule has 0 rings (SSSR count). The van der Waals surface area contributed by atoms with Crippen LogP contribution in [0.5, 0.6) is 0 Å². The monoisotopic (exact) mass is 223 g/mol. The van der Waals surface area contributed by atoms with Gasteiger partial charge in [-0.1, -0.05) is 13.8 Å². The van der Waals surface area contributed by atoms with Gasteiger partial charge >= 0.3 is 0 Å². The Hall–Kier alpha value is 0.160. The molecule has 3 N–H and O–H groups in total. The average molecular weight is 223 g/mol. The molecule has 0 unspecified atom stereocenters. The number of nitrogens with one attached hydrogen (secondary N) is 3. The molecule has 0 aliphatic heterocycles. The van der Waals surface area contributed by atoms with Crippen LogP contribution >= 0.6 is 12.6 Å². The summed E-state index contributed by atoms with van der Waals surface area (Å²) < 4.78 is 13.0. The molecule has 14 heavy (non-hydrogen) atoms. The number of rotatable bonds is 9. The van der Waals surface area contributed by atoms with Crippen LogP contribution in [-0.2, 0) is 0 Å². The molecule has 0 heterocycles. The maximum absolute atomic E-state index is 13.0. The van der Waals surface area contributed by atoms with Gasteiger partial charge in [-0.05, 0) is 13.1 Å². The number of halogens is 1. The van der Waals surface area contributed by atoms with Gasteiger partial charge in [0.1, 0.15) is 0 Å². The highest BCUT2D eigenvalue weighted by Crippen LogP contribution is 1.89. The maximum Gasteiger partial charge on any atom is 0.163 e. The van der Waals surface area contributed by atoms with Crippen molar-refractivity contribution in [1.29, 1.82) is 0 Å². The highest BCUT2D eigenvalue weighted by atomic mass is 32.1. The minimum absolute atomic E-state index is 0.232. The second-order valence-corrected chi connectivity index (χ2v) is 3.49. The first-order valence-corrected chi connectivity index (χ1v) is 5.80. The van der Waals surface area contributed by atoms with Gasteiger partial charge in [0, 0.05) is 24.9 Å². The first kappa shape index (κ1) is 14.2. The largest absolute Gasteiger partial charge is 0.315 e. The fraction of sp³-hybridized carbons (Fsp3) is 1.00. The van der Waals surface area contributed by atoms with Crippen LogP contribution in [0.3, 0.4) is 0 Å². The number of hydrogen-bond donors (Lipinski definition) is 4. The molecule has 0 aromatic carbocycles. The Morgan fingerprint density at radius 2 is 1.86 bits per heavy atom. The van der Waals surface area contributed by atoms with E-state index in [1.165, 1.54) is 0 Å². The predicted molar refractivity (Wildman–Crippen MR) is 62.8 cm³/mol. The summed E-state index contributed by atoms with van der Waals surface area (Å²) in [6, 6.07) is 0.232. The zero-order chi connectivity index (χ0) is 10.8. The fourth-order valence-corrected chi connectivity index (χ4v) is 1.34. The molecule has 0 aliphatic rings. The molecule has 0 spiro atoms. The number of alkyl halides is 1. The molecule has 5 heteroatoms. The van der Waals surface area contributed by atoms with Crippen LogP contribution in [0.4, 0.5) is 4.39 Å². The minimum atomic E-state index is -0.969. The van der Waals surface area contributed by atoms with Crippen molar-refractivity contribution < 1.29 is 4.39 Å². The molecule has 86 valence electrons. The molecule has 0 saturated heterocycles. The molecule has 0 fully saturated rings. The van der Waals surface area contributed by atoms with Gasteiger partial charge in [0.2, 0.25) is 0 Å². The Morgan fingerprint density at radius 3 is 2.36 bits per heavy atom. The molecular weight excluding hydrogens is 201 g/mol. The summed E-state index contributed by atoms with van der Waals surface area (Å²) in [6.07, 6.45) is -0.969. The van der Waals surface area contributed by atoms with Crippen molar-refractivity contribution in [2.45, 2.75) is 26.2 Å². The number of likely N-dealkylation sites (N-methyl/N-ethyl adjacent to an activating group) is 2.